The molecule has 0 aliphatic heterocycles. The molecular formula is C11H19N3. The maximum Gasteiger partial charge on any atom is 0.0596 e. The maximum atomic E-state index is 5.69. The fraction of sp³-hybridized carbons (Fsp3) is 0.727. The van der Waals surface area contributed by atoms with Crippen molar-refractivity contribution in [3.05, 3.63) is 17.5 Å². The minimum Gasteiger partial charge on any atom is -0.330 e. The van der Waals surface area contributed by atoms with E-state index in [-0.39, 0.29) is 0 Å². The summed E-state index contributed by atoms with van der Waals surface area (Å²) < 4.78 is 2.03. The van der Waals surface area contributed by atoms with Gasteiger partial charge in [-0.1, -0.05) is 6.42 Å². The molecule has 1 heterocycles. The summed E-state index contributed by atoms with van der Waals surface area (Å²) in [6.45, 7) is 2.84. The predicted octanol–water partition coefficient (Wildman–Crippen LogP) is 1.50. The number of aryl methyl sites for hydroxylation is 2. The summed E-state index contributed by atoms with van der Waals surface area (Å²) in [5, 5.41) is 4.42. The minimum absolute atomic E-state index is 0.352. The Kier molecular flexibility index (Phi) is 2.35. The molecule has 78 valence electrons. The van der Waals surface area contributed by atoms with Crippen LogP contribution >= 0.6 is 0 Å². The number of nitrogens with two attached hydrogens (primary N) is 1. The zero-order valence-electron chi connectivity index (χ0n) is 9.08. The van der Waals surface area contributed by atoms with Crippen LogP contribution in [0.4, 0.5) is 0 Å². The zero-order valence-corrected chi connectivity index (χ0v) is 9.08. The quantitative estimate of drug-likeness (QED) is 0.790. The molecule has 1 aliphatic carbocycles. The number of rotatable bonds is 3. The van der Waals surface area contributed by atoms with Crippen LogP contribution in [0.5, 0.6) is 0 Å². The lowest BCUT2D eigenvalue weighted by molar-refractivity contribution is 0.215. The molecule has 0 aromatic carbocycles. The van der Waals surface area contributed by atoms with Crippen molar-refractivity contribution in [2.75, 3.05) is 6.54 Å². The molecular weight excluding hydrogens is 174 g/mol. The Balaban J connectivity index is 2.31. The van der Waals surface area contributed by atoms with Crippen molar-refractivity contribution >= 4 is 0 Å². The predicted molar refractivity (Wildman–Crippen MR) is 57.1 cm³/mol. The molecule has 0 amide bonds. The summed E-state index contributed by atoms with van der Waals surface area (Å²) in [5.41, 5.74) is 8.54. The zero-order chi connectivity index (χ0) is 10.2. The third kappa shape index (κ3) is 1.36. The number of nitrogens with zero attached hydrogens (tertiary/aromatic N) is 2. The Labute approximate surface area is 85.3 Å². The summed E-state index contributed by atoms with van der Waals surface area (Å²) in [6.07, 6.45) is 5.00. The second-order valence-corrected chi connectivity index (χ2v) is 4.47. The van der Waals surface area contributed by atoms with E-state index in [9.17, 15) is 0 Å². The first-order valence-electron chi connectivity index (χ1n) is 5.39. The molecule has 0 unspecified atom stereocenters. The van der Waals surface area contributed by atoms with Crippen molar-refractivity contribution < 1.29 is 0 Å². The molecule has 0 spiro atoms. The van der Waals surface area contributed by atoms with Crippen molar-refractivity contribution in [3.8, 4) is 0 Å². The van der Waals surface area contributed by atoms with Crippen LogP contribution in [0.2, 0.25) is 0 Å². The van der Waals surface area contributed by atoms with E-state index in [4.69, 9.17) is 5.73 Å². The van der Waals surface area contributed by atoms with Crippen LogP contribution in [0.15, 0.2) is 6.07 Å². The molecule has 0 atom stereocenters. The fourth-order valence-corrected chi connectivity index (χ4v) is 2.62. The van der Waals surface area contributed by atoms with Crippen LogP contribution in [0.1, 0.15) is 37.1 Å². The highest BCUT2D eigenvalue weighted by Crippen LogP contribution is 2.46. The summed E-state index contributed by atoms with van der Waals surface area (Å²) in [6, 6.07) is 2.22. The van der Waals surface area contributed by atoms with Crippen molar-refractivity contribution in [3.63, 3.8) is 0 Å². The van der Waals surface area contributed by atoms with E-state index < -0.39 is 0 Å². The molecule has 0 bridgehead atoms. The highest BCUT2D eigenvalue weighted by Gasteiger charge is 2.40. The molecule has 2 rings (SSSR count). The summed E-state index contributed by atoms with van der Waals surface area (Å²) in [7, 11) is 2.04. The average molecular weight is 193 g/mol. The molecule has 3 nitrogen and oxygen atoms in total. The van der Waals surface area contributed by atoms with Gasteiger partial charge in [-0.2, -0.15) is 5.10 Å². The summed E-state index contributed by atoms with van der Waals surface area (Å²) in [4.78, 5) is 0. The topological polar surface area (TPSA) is 43.8 Å². The number of hydrogen-bond acceptors (Lipinski definition) is 2. The maximum absolute atomic E-state index is 5.69. The van der Waals surface area contributed by atoms with Gasteiger partial charge in [-0.15, -0.1) is 0 Å². The van der Waals surface area contributed by atoms with Gasteiger partial charge in [0.2, 0.25) is 0 Å². The lowest BCUT2D eigenvalue weighted by Crippen LogP contribution is -2.38. The monoisotopic (exact) mass is 193 g/mol. The third-order valence-corrected chi connectivity index (χ3v) is 3.48. The molecule has 1 fully saturated rings. The van der Waals surface area contributed by atoms with Crippen molar-refractivity contribution in [1.29, 1.82) is 0 Å². The Morgan fingerprint density at radius 2 is 2.29 bits per heavy atom. The Morgan fingerprint density at radius 1 is 1.57 bits per heavy atom. The van der Waals surface area contributed by atoms with Gasteiger partial charge in [0.15, 0.2) is 0 Å². The molecule has 1 aromatic rings. The lowest BCUT2D eigenvalue weighted by atomic mass is 9.64. The largest absolute Gasteiger partial charge is 0.330 e. The standard InChI is InChI=1S/C11H19N3/c1-9-8-10(14(2)13-9)11(6-7-12)4-3-5-11/h8H,3-7,12H2,1-2H3. The van der Waals surface area contributed by atoms with Crippen LogP contribution in [0, 0.1) is 6.92 Å². The van der Waals surface area contributed by atoms with E-state index >= 15 is 0 Å². The van der Waals surface area contributed by atoms with Gasteiger partial charge in [0, 0.05) is 18.2 Å². The number of hydrogen-bond donors (Lipinski definition) is 1. The Morgan fingerprint density at radius 3 is 2.64 bits per heavy atom. The molecule has 0 saturated heterocycles. The van der Waals surface area contributed by atoms with Gasteiger partial charge >= 0.3 is 0 Å². The average Bonchev–Trinajstić information content (AvgIpc) is 2.38. The van der Waals surface area contributed by atoms with E-state index in [1.54, 1.807) is 0 Å². The second-order valence-electron chi connectivity index (χ2n) is 4.47. The molecule has 2 N–H and O–H groups in total. The van der Waals surface area contributed by atoms with Crippen LogP contribution in [-0.2, 0) is 12.5 Å². The molecule has 14 heavy (non-hydrogen) atoms. The van der Waals surface area contributed by atoms with E-state index in [1.165, 1.54) is 25.0 Å². The fourth-order valence-electron chi connectivity index (χ4n) is 2.62. The minimum atomic E-state index is 0.352. The van der Waals surface area contributed by atoms with Crippen LogP contribution in [-0.4, -0.2) is 16.3 Å². The van der Waals surface area contributed by atoms with Crippen molar-refractivity contribution in [1.82, 2.24) is 9.78 Å². The van der Waals surface area contributed by atoms with E-state index in [1.807, 2.05) is 11.7 Å². The molecule has 1 aliphatic rings. The molecule has 3 heteroatoms. The number of aromatic nitrogens is 2. The van der Waals surface area contributed by atoms with Crippen LogP contribution < -0.4 is 5.73 Å². The normalized spacial score (nSPS) is 19.4. The van der Waals surface area contributed by atoms with Gasteiger partial charge in [-0.05, 0) is 38.8 Å². The van der Waals surface area contributed by atoms with Gasteiger partial charge < -0.3 is 5.73 Å². The molecule has 0 radical (unpaired) electrons. The van der Waals surface area contributed by atoms with E-state index in [2.05, 4.69) is 18.1 Å². The van der Waals surface area contributed by atoms with Crippen LogP contribution in [0.25, 0.3) is 0 Å². The van der Waals surface area contributed by atoms with Gasteiger partial charge in [0.25, 0.3) is 0 Å². The van der Waals surface area contributed by atoms with Gasteiger partial charge in [0.05, 0.1) is 5.69 Å². The first-order valence-corrected chi connectivity index (χ1v) is 5.39. The lowest BCUT2D eigenvalue weighted by Gasteiger charge is -2.41. The first kappa shape index (κ1) is 9.71. The molecule has 1 aromatic heterocycles. The summed E-state index contributed by atoms with van der Waals surface area (Å²) >= 11 is 0. The SMILES string of the molecule is Cc1cc(C2(CCN)CCC2)n(C)n1. The van der Waals surface area contributed by atoms with Crippen molar-refractivity contribution in [2.24, 2.45) is 12.8 Å². The Hall–Kier alpha value is -0.830. The highest BCUT2D eigenvalue weighted by molar-refractivity contribution is 5.23. The smallest absolute Gasteiger partial charge is 0.0596 e. The van der Waals surface area contributed by atoms with E-state index in [0.717, 1.165) is 18.7 Å². The first-order chi connectivity index (χ1) is 6.68. The van der Waals surface area contributed by atoms with Gasteiger partial charge in [-0.3, -0.25) is 4.68 Å². The van der Waals surface area contributed by atoms with E-state index in [0.29, 0.717) is 5.41 Å². The van der Waals surface area contributed by atoms with Crippen molar-refractivity contribution in [2.45, 2.75) is 38.0 Å². The van der Waals surface area contributed by atoms with Gasteiger partial charge in [0.1, 0.15) is 0 Å². The Bertz CT molecular complexity index is 323. The summed E-state index contributed by atoms with van der Waals surface area (Å²) in [5.74, 6) is 0. The van der Waals surface area contributed by atoms with Crippen LogP contribution in [0.3, 0.4) is 0 Å². The molecule has 1 saturated carbocycles. The third-order valence-electron chi connectivity index (χ3n) is 3.48. The highest BCUT2D eigenvalue weighted by atomic mass is 15.3. The van der Waals surface area contributed by atoms with Gasteiger partial charge in [-0.25, -0.2) is 0 Å². The second kappa shape index (κ2) is 3.39.